The molecule has 2 amide bonds. The lowest BCUT2D eigenvalue weighted by molar-refractivity contribution is 0.0710. The Morgan fingerprint density at radius 2 is 2.23 bits per heavy atom. The average Bonchev–Trinajstić information content (AvgIpc) is 2.77. The Bertz CT molecular complexity index is 659. The second-order valence-electron chi connectivity index (χ2n) is 5.63. The number of fused-ring (bicyclic) bond motifs is 1. The molecule has 1 aliphatic rings. The highest BCUT2D eigenvalue weighted by molar-refractivity contribution is 5.78. The second kappa shape index (κ2) is 6.75. The molecule has 1 aromatic carbocycles. The van der Waals surface area contributed by atoms with Gasteiger partial charge in [0, 0.05) is 25.1 Å². The number of hydrogen-bond acceptors (Lipinski definition) is 3. The van der Waals surface area contributed by atoms with Gasteiger partial charge in [-0.15, -0.1) is 0 Å². The van der Waals surface area contributed by atoms with Crippen LogP contribution in [0.5, 0.6) is 0 Å². The summed E-state index contributed by atoms with van der Waals surface area (Å²) in [6.45, 7) is 4.53. The van der Waals surface area contributed by atoms with Gasteiger partial charge in [0.2, 0.25) is 0 Å². The van der Waals surface area contributed by atoms with Crippen LogP contribution in [0.4, 0.5) is 4.79 Å². The molecular formula is C17H21N3O2. The Kier molecular flexibility index (Phi) is 4.53. The largest absolute Gasteiger partial charge is 0.377 e. The van der Waals surface area contributed by atoms with Gasteiger partial charge in [0.15, 0.2) is 0 Å². The van der Waals surface area contributed by atoms with E-state index in [1.54, 1.807) is 0 Å². The number of carbonyl (C=O) groups excluding carboxylic acids is 1. The first kappa shape index (κ1) is 14.8. The number of hydrogen-bond donors (Lipinski definition) is 1. The van der Waals surface area contributed by atoms with Crippen molar-refractivity contribution in [2.75, 3.05) is 19.7 Å². The summed E-state index contributed by atoms with van der Waals surface area (Å²) in [6, 6.07) is 11.9. The molecule has 1 fully saturated rings. The van der Waals surface area contributed by atoms with Gasteiger partial charge in [-0.25, -0.2) is 4.79 Å². The van der Waals surface area contributed by atoms with E-state index in [4.69, 9.17) is 4.74 Å². The van der Waals surface area contributed by atoms with Gasteiger partial charge in [0.25, 0.3) is 0 Å². The van der Waals surface area contributed by atoms with Crippen LogP contribution in [-0.4, -0.2) is 41.7 Å². The third-order valence-corrected chi connectivity index (χ3v) is 3.82. The molecule has 0 radical (unpaired) electrons. The smallest absolute Gasteiger partial charge is 0.317 e. The van der Waals surface area contributed by atoms with Gasteiger partial charge < -0.3 is 15.0 Å². The van der Waals surface area contributed by atoms with Crippen LogP contribution in [-0.2, 0) is 11.3 Å². The minimum absolute atomic E-state index is 0.0488. The molecular weight excluding hydrogens is 278 g/mol. The van der Waals surface area contributed by atoms with E-state index in [9.17, 15) is 4.79 Å². The summed E-state index contributed by atoms with van der Waals surface area (Å²) in [4.78, 5) is 18.7. The topological polar surface area (TPSA) is 54.5 Å². The maximum Gasteiger partial charge on any atom is 0.317 e. The number of ether oxygens (including phenoxy) is 1. The zero-order chi connectivity index (χ0) is 15.4. The zero-order valence-electron chi connectivity index (χ0n) is 12.8. The van der Waals surface area contributed by atoms with Crippen LogP contribution in [0, 0.1) is 0 Å². The number of urea groups is 1. The Morgan fingerprint density at radius 1 is 1.36 bits per heavy atom. The van der Waals surface area contributed by atoms with Crippen LogP contribution in [0.25, 0.3) is 10.9 Å². The zero-order valence-corrected chi connectivity index (χ0v) is 12.8. The van der Waals surface area contributed by atoms with E-state index in [1.165, 1.54) is 0 Å². The number of pyridine rings is 1. The Hall–Kier alpha value is -2.14. The first-order valence-corrected chi connectivity index (χ1v) is 7.71. The summed E-state index contributed by atoms with van der Waals surface area (Å²) in [5.74, 6) is 0. The first-order valence-electron chi connectivity index (χ1n) is 7.71. The number of para-hydroxylation sites is 1. The average molecular weight is 299 g/mol. The maximum atomic E-state index is 12.3. The minimum atomic E-state index is -0.0488. The van der Waals surface area contributed by atoms with E-state index >= 15 is 0 Å². The van der Waals surface area contributed by atoms with Gasteiger partial charge in [-0.05, 0) is 25.5 Å². The van der Waals surface area contributed by atoms with Crippen LogP contribution < -0.4 is 5.32 Å². The fraction of sp³-hybridized carbons (Fsp3) is 0.412. The molecule has 0 bridgehead atoms. The van der Waals surface area contributed by atoms with Gasteiger partial charge in [-0.1, -0.05) is 24.3 Å². The number of nitrogens with one attached hydrogen (secondary N) is 1. The van der Waals surface area contributed by atoms with Gasteiger partial charge in [-0.3, -0.25) is 4.98 Å². The molecule has 1 unspecified atom stereocenters. The molecule has 1 atom stereocenters. The second-order valence-corrected chi connectivity index (χ2v) is 5.63. The van der Waals surface area contributed by atoms with Crippen LogP contribution in [0.3, 0.4) is 0 Å². The molecule has 5 nitrogen and oxygen atoms in total. The molecule has 0 aliphatic carbocycles. The molecule has 1 N–H and O–H groups in total. The number of nitrogens with zero attached hydrogens (tertiary/aromatic N) is 2. The number of aromatic nitrogens is 1. The third kappa shape index (κ3) is 3.54. The van der Waals surface area contributed by atoms with Crippen molar-refractivity contribution in [1.29, 1.82) is 0 Å². The molecule has 1 aliphatic heterocycles. The van der Waals surface area contributed by atoms with Crippen LogP contribution in [0.15, 0.2) is 36.4 Å². The van der Waals surface area contributed by atoms with Crippen molar-refractivity contribution in [3.05, 3.63) is 42.1 Å². The van der Waals surface area contributed by atoms with Gasteiger partial charge >= 0.3 is 6.03 Å². The normalized spacial score (nSPS) is 19.0. The number of amides is 2. The summed E-state index contributed by atoms with van der Waals surface area (Å²) in [5.41, 5.74) is 1.82. The highest BCUT2D eigenvalue weighted by Crippen LogP contribution is 2.12. The highest BCUT2D eigenvalue weighted by Gasteiger charge is 2.19. The van der Waals surface area contributed by atoms with Crippen molar-refractivity contribution in [2.24, 2.45) is 0 Å². The van der Waals surface area contributed by atoms with Crippen LogP contribution >= 0.6 is 0 Å². The van der Waals surface area contributed by atoms with Crippen molar-refractivity contribution >= 4 is 16.9 Å². The van der Waals surface area contributed by atoms with Crippen LogP contribution in [0.2, 0.25) is 0 Å². The lowest BCUT2D eigenvalue weighted by Gasteiger charge is -2.22. The number of benzene rings is 1. The number of carbonyl (C=O) groups is 1. The van der Waals surface area contributed by atoms with E-state index < -0.39 is 0 Å². The molecule has 116 valence electrons. The highest BCUT2D eigenvalue weighted by atomic mass is 16.5. The van der Waals surface area contributed by atoms with E-state index in [1.807, 2.05) is 48.2 Å². The molecule has 3 rings (SSSR count). The Balaban J connectivity index is 1.61. The van der Waals surface area contributed by atoms with Gasteiger partial charge in [0.1, 0.15) is 0 Å². The van der Waals surface area contributed by atoms with Gasteiger partial charge in [0.05, 0.1) is 23.9 Å². The predicted octanol–water partition coefficient (Wildman–Crippen LogP) is 2.56. The molecule has 1 saturated heterocycles. The van der Waals surface area contributed by atoms with E-state index in [0.717, 1.165) is 36.2 Å². The van der Waals surface area contributed by atoms with E-state index in [-0.39, 0.29) is 12.1 Å². The quantitative estimate of drug-likeness (QED) is 0.927. The third-order valence-electron chi connectivity index (χ3n) is 3.82. The summed E-state index contributed by atoms with van der Waals surface area (Å²) >= 11 is 0. The first-order chi connectivity index (χ1) is 10.7. The molecule has 5 heteroatoms. The maximum absolute atomic E-state index is 12.3. The minimum Gasteiger partial charge on any atom is -0.377 e. The summed E-state index contributed by atoms with van der Waals surface area (Å²) in [6.07, 6.45) is 0.971. The van der Waals surface area contributed by atoms with Crippen molar-refractivity contribution in [3.8, 4) is 0 Å². The van der Waals surface area contributed by atoms with Crippen LogP contribution in [0.1, 0.15) is 19.0 Å². The fourth-order valence-electron chi connectivity index (χ4n) is 2.66. The molecule has 0 saturated carbocycles. The van der Waals surface area contributed by atoms with E-state index in [2.05, 4.69) is 10.3 Å². The summed E-state index contributed by atoms with van der Waals surface area (Å²) in [7, 11) is 0. The summed E-state index contributed by atoms with van der Waals surface area (Å²) in [5, 5.41) is 4.06. The number of rotatable bonds is 2. The fourth-order valence-corrected chi connectivity index (χ4v) is 2.66. The molecule has 2 heterocycles. The molecule has 2 aromatic rings. The lowest BCUT2D eigenvalue weighted by atomic mass is 10.2. The Morgan fingerprint density at radius 3 is 3.14 bits per heavy atom. The predicted molar refractivity (Wildman–Crippen MR) is 85.6 cm³/mol. The summed E-state index contributed by atoms with van der Waals surface area (Å²) < 4.78 is 5.56. The van der Waals surface area contributed by atoms with Gasteiger partial charge in [-0.2, -0.15) is 0 Å². The van der Waals surface area contributed by atoms with E-state index in [0.29, 0.717) is 13.1 Å². The Labute approximate surface area is 130 Å². The van der Waals surface area contributed by atoms with Crippen molar-refractivity contribution < 1.29 is 9.53 Å². The SMILES string of the molecule is CC1CN(C(=O)NCc2ccc3ccccc3n2)CCCO1. The molecule has 22 heavy (non-hydrogen) atoms. The lowest BCUT2D eigenvalue weighted by Crippen LogP contribution is -2.42. The van der Waals surface area contributed by atoms with Crippen molar-refractivity contribution in [3.63, 3.8) is 0 Å². The van der Waals surface area contributed by atoms with Crippen molar-refractivity contribution in [1.82, 2.24) is 15.2 Å². The monoisotopic (exact) mass is 299 g/mol. The molecule has 1 aromatic heterocycles. The molecule has 0 spiro atoms. The van der Waals surface area contributed by atoms with Crippen molar-refractivity contribution in [2.45, 2.75) is 26.0 Å². The standard InChI is InChI=1S/C17H21N3O2/c1-13-12-20(9-4-10-22-13)17(21)18-11-15-8-7-14-5-2-3-6-16(14)19-15/h2-3,5-8,13H,4,9-12H2,1H3,(H,18,21).